The smallest absolute Gasteiger partial charge is 0.273 e. The largest absolute Gasteiger partial charge is 0.497 e. The van der Waals surface area contributed by atoms with E-state index >= 15 is 0 Å². The molecule has 2 rings (SSSR count). The van der Waals surface area contributed by atoms with Crippen LogP contribution in [0.3, 0.4) is 0 Å². The van der Waals surface area contributed by atoms with Crippen LogP contribution in [-0.2, 0) is 6.54 Å². The van der Waals surface area contributed by atoms with Crippen LogP contribution in [0.5, 0.6) is 5.75 Å². The number of carbonyl (C=O) groups excluding carboxylic acids is 1. The number of aromatic nitrogens is 1. The van der Waals surface area contributed by atoms with Crippen LogP contribution < -0.4 is 4.74 Å². The van der Waals surface area contributed by atoms with E-state index in [4.69, 9.17) is 4.74 Å². The number of rotatable bonds is 4. The number of thiazole rings is 1. The Bertz CT molecular complexity index is 508. The molecule has 1 aromatic heterocycles. The zero-order chi connectivity index (χ0) is 13.0. The molecule has 4 nitrogen and oxygen atoms in total. The molecule has 1 heterocycles. The van der Waals surface area contributed by atoms with Crippen LogP contribution in [-0.4, -0.2) is 29.9 Å². The third kappa shape index (κ3) is 2.87. The Morgan fingerprint density at radius 2 is 2.11 bits per heavy atom. The highest BCUT2D eigenvalue weighted by Crippen LogP contribution is 2.13. The Morgan fingerprint density at radius 1 is 1.39 bits per heavy atom. The zero-order valence-electron chi connectivity index (χ0n) is 10.3. The summed E-state index contributed by atoms with van der Waals surface area (Å²) in [5.74, 6) is 0.749. The maximum Gasteiger partial charge on any atom is 0.273 e. The van der Waals surface area contributed by atoms with Gasteiger partial charge in [-0.3, -0.25) is 4.79 Å². The second-order valence-corrected chi connectivity index (χ2v) is 4.60. The maximum atomic E-state index is 12.0. The van der Waals surface area contributed by atoms with Gasteiger partial charge in [-0.05, 0) is 17.7 Å². The molecule has 0 saturated carbocycles. The molecule has 18 heavy (non-hydrogen) atoms. The average molecular weight is 262 g/mol. The zero-order valence-corrected chi connectivity index (χ0v) is 11.1. The molecule has 0 aliphatic rings. The van der Waals surface area contributed by atoms with Crippen LogP contribution in [0.25, 0.3) is 0 Å². The minimum atomic E-state index is -0.0629. The summed E-state index contributed by atoms with van der Waals surface area (Å²) in [5, 5.41) is 1.76. The molecule has 2 aromatic rings. The van der Waals surface area contributed by atoms with E-state index in [-0.39, 0.29) is 5.91 Å². The summed E-state index contributed by atoms with van der Waals surface area (Å²) < 4.78 is 5.09. The second-order valence-electron chi connectivity index (χ2n) is 3.88. The maximum absolute atomic E-state index is 12.0. The number of ether oxygens (including phenoxy) is 1. The fraction of sp³-hybridized carbons (Fsp3) is 0.231. The van der Waals surface area contributed by atoms with Gasteiger partial charge in [-0.25, -0.2) is 4.98 Å². The summed E-state index contributed by atoms with van der Waals surface area (Å²) in [6, 6.07) is 7.67. The Labute approximate surface area is 110 Å². The minimum Gasteiger partial charge on any atom is -0.497 e. The number of amides is 1. The van der Waals surface area contributed by atoms with E-state index < -0.39 is 0 Å². The van der Waals surface area contributed by atoms with E-state index in [1.165, 1.54) is 11.3 Å². The lowest BCUT2D eigenvalue weighted by atomic mass is 10.2. The Kier molecular flexibility index (Phi) is 3.94. The number of hydrogen-bond acceptors (Lipinski definition) is 4. The van der Waals surface area contributed by atoms with Crippen molar-refractivity contribution in [3.63, 3.8) is 0 Å². The first kappa shape index (κ1) is 12.6. The van der Waals surface area contributed by atoms with Crippen LogP contribution in [0.15, 0.2) is 35.2 Å². The molecule has 1 aromatic carbocycles. The summed E-state index contributed by atoms with van der Waals surface area (Å²) in [6.07, 6.45) is 0. The predicted molar refractivity (Wildman–Crippen MR) is 70.9 cm³/mol. The van der Waals surface area contributed by atoms with Crippen LogP contribution in [0.4, 0.5) is 0 Å². The van der Waals surface area contributed by atoms with Gasteiger partial charge in [0.2, 0.25) is 0 Å². The molecule has 0 spiro atoms. The van der Waals surface area contributed by atoms with E-state index in [0.29, 0.717) is 12.2 Å². The van der Waals surface area contributed by atoms with Crippen molar-refractivity contribution in [3.05, 3.63) is 46.4 Å². The molecule has 0 radical (unpaired) electrons. The first-order valence-corrected chi connectivity index (χ1v) is 6.41. The summed E-state index contributed by atoms with van der Waals surface area (Å²) in [7, 11) is 3.40. The SMILES string of the molecule is COc1ccc(CN(C)C(=O)c2cscn2)cc1. The minimum absolute atomic E-state index is 0.0629. The highest BCUT2D eigenvalue weighted by Gasteiger charge is 2.13. The van der Waals surface area contributed by atoms with E-state index in [0.717, 1.165) is 11.3 Å². The first-order chi connectivity index (χ1) is 8.70. The number of carbonyl (C=O) groups is 1. The highest BCUT2D eigenvalue weighted by atomic mass is 32.1. The van der Waals surface area contributed by atoms with Crippen molar-refractivity contribution in [2.45, 2.75) is 6.54 Å². The molecule has 0 bridgehead atoms. The molecule has 1 amide bonds. The van der Waals surface area contributed by atoms with Gasteiger partial charge in [0.15, 0.2) is 0 Å². The summed E-state index contributed by atoms with van der Waals surface area (Å²) in [5.41, 5.74) is 3.21. The van der Waals surface area contributed by atoms with Gasteiger partial charge in [0.25, 0.3) is 5.91 Å². The van der Waals surface area contributed by atoms with Crippen LogP contribution >= 0.6 is 11.3 Å². The van der Waals surface area contributed by atoms with Gasteiger partial charge in [0, 0.05) is 19.0 Å². The highest BCUT2D eigenvalue weighted by molar-refractivity contribution is 7.07. The number of nitrogens with zero attached hydrogens (tertiary/aromatic N) is 2. The average Bonchev–Trinajstić information content (AvgIpc) is 2.92. The number of hydrogen-bond donors (Lipinski definition) is 0. The van der Waals surface area contributed by atoms with Gasteiger partial charge in [0.1, 0.15) is 11.4 Å². The van der Waals surface area contributed by atoms with Gasteiger partial charge in [-0.1, -0.05) is 12.1 Å². The van der Waals surface area contributed by atoms with Crippen LogP contribution in [0.2, 0.25) is 0 Å². The van der Waals surface area contributed by atoms with E-state index in [9.17, 15) is 4.79 Å². The Balaban J connectivity index is 2.02. The van der Waals surface area contributed by atoms with Crippen molar-refractivity contribution in [3.8, 4) is 5.75 Å². The Morgan fingerprint density at radius 3 is 2.67 bits per heavy atom. The molecule has 0 aliphatic carbocycles. The molecule has 0 atom stereocenters. The van der Waals surface area contributed by atoms with E-state index in [1.54, 1.807) is 29.9 Å². The topological polar surface area (TPSA) is 42.4 Å². The van der Waals surface area contributed by atoms with Gasteiger partial charge < -0.3 is 9.64 Å². The van der Waals surface area contributed by atoms with Crippen molar-refractivity contribution >= 4 is 17.2 Å². The molecular weight excluding hydrogens is 248 g/mol. The summed E-state index contributed by atoms with van der Waals surface area (Å²) in [6.45, 7) is 0.556. The molecule has 0 N–H and O–H groups in total. The normalized spacial score (nSPS) is 10.1. The van der Waals surface area contributed by atoms with E-state index in [1.807, 2.05) is 24.3 Å². The van der Waals surface area contributed by atoms with E-state index in [2.05, 4.69) is 4.98 Å². The second kappa shape index (κ2) is 5.64. The predicted octanol–water partition coefficient (Wildman–Crippen LogP) is 2.42. The molecule has 0 saturated heterocycles. The molecular formula is C13H14N2O2S. The summed E-state index contributed by atoms with van der Waals surface area (Å²) >= 11 is 1.42. The van der Waals surface area contributed by atoms with Gasteiger partial charge in [-0.2, -0.15) is 0 Å². The van der Waals surface area contributed by atoms with Gasteiger partial charge >= 0.3 is 0 Å². The van der Waals surface area contributed by atoms with Crippen molar-refractivity contribution in [1.29, 1.82) is 0 Å². The Hall–Kier alpha value is -1.88. The lowest BCUT2D eigenvalue weighted by molar-refractivity contribution is 0.0780. The first-order valence-electron chi connectivity index (χ1n) is 5.47. The van der Waals surface area contributed by atoms with Crippen molar-refractivity contribution in [2.75, 3.05) is 14.2 Å². The molecule has 0 aliphatic heterocycles. The summed E-state index contributed by atoms with van der Waals surface area (Å²) in [4.78, 5) is 17.6. The number of benzene rings is 1. The lowest BCUT2D eigenvalue weighted by Crippen LogP contribution is -2.26. The molecule has 5 heteroatoms. The molecule has 0 unspecified atom stereocenters. The fourth-order valence-corrected chi connectivity index (χ4v) is 2.12. The third-order valence-corrected chi connectivity index (χ3v) is 3.16. The van der Waals surface area contributed by atoms with Crippen molar-refractivity contribution in [2.24, 2.45) is 0 Å². The number of methoxy groups -OCH3 is 1. The standard InChI is InChI=1S/C13H14N2O2S/c1-15(13(16)12-8-18-9-14-12)7-10-3-5-11(17-2)6-4-10/h3-6,8-9H,7H2,1-2H3. The molecule has 0 fully saturated rings. The van der Waals surface area contributed by atoms with Crippen LogP contribution in [0, 0.1) is 0 Å². The monoisotopic (exact) mass is 262 g/mol. The van der Waals surface area contributed by atoms with Gasteiger partial charge in [-0.15, -0.1) is 11.3 Å². The van der Waals surface area contributed by atoms with Crippen LogP contribution in [0.1, 0.15) is 16.1 Å². The third-order valence-electron chi connectivity index (χ3n) is 2.58. The van der Waals surface area contributed by atoms with Crippen molar-refractivity contribution in [1.82, 2.24) is 9.88 Å². The van der Waals surface area contributed by atoms with Crippen molar-refractivity contribution < 1.29 is 9.53 Å². The fourth-order valence-electron chi connectivity index (χ4n) is 1.59. The molecule has 94 valence electrons. The van der Waals surface area contributed by atoms with Gasteiger partial charge in [0.05, 0.1) is 12.6 Å². The lowest BCUT2D eigenvalue weighted by Gasteiger charge is -2.16. The quantitative estimate of drug-likeness (QED) is 0.850.